The van der Waals surface area contributed by atoms with Crippen LogP contribution in [-0.2, 0) is 0 Å². The van der Waals surface area contributed by atoms with E-state index in [4.69, 9.17) is 9.84 Å². The first kappa shape index (κ1) is 12.6. The molecule has 6 heteroatoms. The highest BCUT2D eigenvalue weighted by Gasteiger charge is 2.08. The summed E-state index contributed by atoms with van der Waals surface area (Å²) in [5.74, 6) is 0.0767. The van der Waals surface area contributed by atoms with E-state index in [0.29, 0.717) is 11.3 Å². The van der Waals surface area contributed by atoms with Crippen molar-refractivity contribution in [3.05, 3.63) is 59.0 Å². The van der Waals surface area contributed by atoms with Crippen molar-refractivity contribution >= 4 is 5.97 Å². The minimum atomic E-state index is -0.559. The Labute approximate surface area is 108 Å². The number of ether oxygens (including phenoxy) is 1. The van der Waals surface area contributed by atoms with Crippen LogP contribution in [0.25, 0.3) is 0 Å². The van der Waals surface area contributed by atoms with Gasteiger partial charge in [-0.3, -0.25) is 0 Å². The molecule has 2 rings (SSSR count). The molecule has 0 aliphatic carbocycles. The third-order valence-electron chi connectivity index (χ3n) is 2.28. The fourth-order valence-electron chi connectivity index (χ4n) is 1.38. The van der Waals surface area contributed by atoms with Crippen molar-refractivity contribution in [2.75, 3.05) is 0 Å². The van der Waals surface area contributed by atoms with Crippen molar-refractivity contribution < 1.29 is 19.5 Å². The van der Waals surface area contributed by atoms with Crippen LogP contribution in [0, 0.1) is 4.91 Å². The summed E-state index contributed by atoms with van der Waals surface area (Å²) in [6.45, 7) is 0. The quantitative estimate of drug-likeness (QED) is 0.395. The lowest BCUT2D eigenvalue weighted by atomic mass is 10.2. The SMILES string of the molecule is O=NOc1ccc(C(=O)Oc2ccc(O)cc2)cc1. The summed E-state index contributed by atoms with van der Waals surface area (Å²) in [5, 5.41) is 11.4. The van der Waals surface area contributed by atoms with Gasteiger partial charge in [0.15, 0.2) is 11.1 Å². The molecule has 0 spiro atoms. The second kappa shape index (κ2) is 5.63. The summed E-state index contributed by atoms with van der Waals surface area (Å²) in [7, 11) is 0. The molecule has 0 amide bonds. The Hall–Kier alpha value is -2.89. The summed E-state index contributed by atoms with van der Waals surface area (Å²) < 4.78 is 5.08. The van der Waals surface area contributed by atoms with Crippen LogP contribution in [0.2, 0.25) is 0 Å². The van der Waals surface area contributed by atoms with Gasteiger partial charge in [0.2, 0.25) is 0 Å². The number of phenolic OH excluding ortho intramolecular Hbond substituents is 1. The molecule has 0 unspecified atom stereocenters. The molecular weight excluding hydrogens is 250 g/mol. The van der Waals surface area contributed by atoms with Crippen molar-refractivity contribution in [3.8, 4) is 17.2 Å². The van der Waals surface area contributed by atoms with Crippen molar-refractivity contribution in [3.63, 3.8) is 0 Å². The van der Waals surface area contributed by atoms with Gasteiger partial charge in [-0.2, -0.15) is 0 Å². The highest BCUT2D eigenvalue weighted by Crippen LogP contribution is 2.18. The lowest BCUT2D eigenvalue weighted by Crippen LogP contribution is -2.08. The standard InChI is InChI=1S/C13H9NO5/c15-10-3-7-11(8-4-10)18-13(16)9-1-5-12(6-2-9)19-14-17/h1-8,15H. The van der Waals surface area contributed by atoms with Crippen LogP contribution in [-0.4, -0.2) is 11.1 Å². The van der Waals surface area contributed by atoms with Crippen molar-refractivity contribution in [1.29, 1.82) is 0 Å². The van der Waals surface area contributed by atoms with Gasteiger partial charge in [-0.15, -0.1) is 4.91 Å². The molecule has 96 valence electrons. The number of rotatable bonds is 4. The van der Waals surface area contributed by atoms with Gasteiger partial charge < -0.3 is 14.7 Å². The third-order valence-corrected chi connectivity index (χ3v) is 2.28. The number of carbonyl (C=O) groups is 1. The molecular formula is C13H9NO5. The molecule has 0 bridgehead atoms. The van der Waals surface area contributed by atoms with E-state index in [-0.39, 0.29) is 11.5 Å². The van der Waals surface area contributed by atoms with Crippen LogP contribution in [0.15, 0.2) is 53.9 Å². The molecule has 19 heavy (non-hydrogen) atoms. The van der Waals surface area contributed by atoms with E-state index in [0.717, 1.165) is 0 Å². The van der Waals surface area contributed by atoms with Gasteiger partial charge in [0.1, 0.15) is 11.5 Å². The van der Waals surface area contributed by atoms with E-state index in [1.54, 1.807) is 0 Å². The largest absolute Gasteiger partial charge is 0.508 e. The molecule has 0 saturated carbocycles. The van der Waals surface area contributed by atoms with Gasteiger partial charge in [0.25, 0.3) is 0 Å². The minimum absolute atomic E-state index is 0.0858. The van der Waals surface area contributed by atoms with E-state index in [1.807, 2.05) is 0 Å². The summed E-state index contributed by atoms with van der Waals surface area (Å²) in [4.78, 5) is 26.0. The fraction of sp³-hybridized carbons (Fsp3) is 0. The number of aromatic hydroxyl groups is 1. The second-order valence-electron chi connectivity index (χ2n) is 3.57. The van der Waals surface area contributed by atoms with Crippen molar-refractivity contribution in [2.45, 2.75) is 0 Å². The Kier molecular flexibility index (Phi) is 3.72. The third kappa shape index (κ3) is 3.29. The number of benzene rings is 2. The lowest BCUT2D eigenvalue weighted by molar-refractivity contribution is 0.0734. The summed E-state index contributed by atoms with van der Waals surface area (Å²) in [6.07, 6.45) is 0. The Morgan fingerprint density at radius 1 is 0.947 bits per heavy atom. The predicted molar refractivity (Wildman–Crippen MR) is 65.9 cm³/mol. The zero-order chi connectivity index (χ0) is 13.7. The highest BCUT2D eigenvalue weighted by molar-refractivity contribution is 5.91. The predicted octanol–water partition coefficient (Wildman–Crippen LogP) is 2.67. The maximum Gasteiger partial charge on any atom is 0.343 e. The zero-order valence-electron chi connectivity index (χ0n) is 9.65. The number of nitrogens with zero attached hydrogens (tertiary/aromatic N) is 1. The van der Waals surface area contributed by atoms with E-state index in [9.17, 15) is 9.70 Å². The van der Waals surface area contributed by atoms with E-state index in [1.165, 1.54) is 48.5 Å². The van der Waals surface area contributed by atoms with E-state index < -0.39 is 5.97 Å². The smallest absolute Gasteiger partial charge is 0.343 e. The van der Waals surface area contributed by atoms with Crippen LogP contribution in [0.4, 0.5) is 0 Å². The highest BCUT2D eigenvalue weighted by atomic mass is 16.7. The second-order valence-corrected chi connectivity index (χ2v) is 3.57. The molecule has 2 aromatic carbocycles. The van der Waals surface area contributed by atoms with Crippen LogP contribution >= 0.6 is 0 Å². The molecule has 1 N–H and O–H groups in total. The Morgan fingerprint density at radius 2 is 1.53 bits per heavy atom. The van der Waals surface area contributed by atoms with Gasteiger partial charge in [0, 0.05) is 0 Å². The topological polar surface area (TPSA) is 85.2 Å². The molecule has 0 heterocycles. The molecule has 6 nitrogen and oxygen atoms in total. The average Bonchev–Trinajstić information content (AvgIpc) is 2.42. The van der Waals surface area contributed by atoms with Crippen molar-refractivity contribution in [1.82, 2.24) is 0 Å². The van der Waals surface area contributed by atoms with Crippen LogP contribution < -0.4 is 9.57 Å². The minimum Gasteiger partial charge on any atom is -0.508 e. The fourth-order valence-corrected chi connectivity index (χ4v) is 1.38. The number of hydrogen-bond donors (Lipinski definition) is 1. The molecule has 0 radical (unpaired) electrons. The van der Waals surface area contributed by atoms with E-state index >= 15 is 0 Å². The van der Waals surface area contributed by atoms with Crippen LogP contribution in [0.5, 0.6) is 17.2 Å². The first-order chi connectivity index (χ1) is 9.19. The maximum atomic E-state index is 11.8. The summed E-state index contributed by atoms with van der Waals surface area (Å²) in [5.41, 5.74) is 0.298. The Morgan fingerprint density at radius 3 is 2.11 bits per heavy atom. The van der Waals surface area contributed by atoms with Crippen LogP contribution in [0.1, 0.15) is 10.4 Å². The number of phenols is 1. The monoisotopic (exact) mass is 259 g/mol. The zero-order valence-corrected chi connectivity index (χ0v) is 9.65. The first-order valence-electron chi connectivity index (χ1n) is 5.30. The molecule has 0 aliphatic heterocycles. The molecule has 0 aromatic heterocycles. The lowest BCUT2D eigenvalue weighted by Gasteiger charge is -2.04. The first-order valence-corrected chi connectivity index (χ1v) is 5.30. The average molecular weight is 259 g/mol. The molecule has 0 aliphatic rings. The molecule has 0 fully saturated rings. The van der Waals surface area contributed by atoms with Gasteiger partial charge in [-0.05, 0) is 48.5 Å². The van der Waals surface area contributed by atoms with Crippen LogP contribution in [0.3, 0.4) is 0 Å². The van der Waals surface area contributed by atoms with Gasteiger partial charge in [0.05, 0.1) is 5.56 Å². The van der Waals surface area contributed by atoms with E-state index in [2.05, 4.69) is 10.2 Å². The Bertz CT molecular complexity index is 577. The van der Waals surface area contributed by atoms with Gasteiger partial charge in [-0.25, -0.2) is 4.79 Å². The number of hydrogen-bond acceptors (Lipinski definition) is 6. The number of carbonyl (C=O) groups excluding carboxylic acids is 1. The Balaban J connectivity index is 2.07. The summed E-state index contributed by atoms with van der Waals surface area (Å²) >= 11 is 0. The number of esters is 1. The van der Waals surface area contributed by atoms with Gasteiger partial charge in [-0.1, -0.05) is 0 Å². The summed E-state index contributed by atoms with van der Waals surface area (Å²) in [6, 6.07) is 11.5. The van der Waals surface area contributed by atoms with Gasteiger partial charge >= 0.3 is 5.97 Å². The normalized spacial score (nSPS) is 9.68. The molecule has 2 aromatic rings. The molecule has 0 saturated heterocycles. The van der Waals surface area contributed by atoms with Crippen molar-refractivity contribution in [2.24, 2.45) is 5.34 Å². The maximum absolute atomic E-state index is 11.8. The molecule has 0 atom stereocenters.